The molecule has 1 fully saturated rings. The Morgan fingerprint density at radius 1 is 1.50 bits per heavy atom. The van der Waals surface area contributed by atoms with Crippen molar-refractivity contribution in [2.75, 3.05) is 18.1 Å². The van der Waals surface area contributed by atoms with Crippen molar-refractivity contribution in [3.63, 3.8) is 0 Å². The van der Waals surface area contributed by atoms with Gasteiger partial charge in [0.25, 0.3) is 0 Å². The van der Waals surface area contributed by atoms with Crippen LogP contribution >= 0.6 is 11.8 Å². The van der Waals surface area contributed by atoms with Gasteiger partial charge in [-0.25, -0.2) is 0 Å². The summed E-state index contributed by atoms with van der Waals surface area (Å²) < 4.78 is 0. The molecular formula is C14H20N2OS. The maximum absolute atomic E-state index is 12.5. The lowest BCUT2D eigenvalue weighted by Gasteiger charge is -2.27. The Bertz CT molecular complexity index is 428. The summed E-state index contributed by atoms with van der Waals surface area (Å²) in [6.07, 6.45) is 4.86. The van der Waals surface area contributed by atoms with Crippen LogP contribution in [-0.4, -0.2) is 24.2 Å². The maximum Gasteiger partial charge on any atom is 0.244 e. The summed E-state index contributed by atoms with van der Waals surface area (Å²) in [6.45, 7) is 3.00. The molecule has 1 atom stereocenters. The third-order valence-corrected chi connectivity index (χ3v) is 4.43. The van der Waals surface area contributed by atoms with E-state index in [1.165, 1.54) is 0 Å². The molecule has 0 saturated carbocycles. The van der Waals surface area contributed by atoms with Crippen molar-refractivity contribution in [2.45, 2.75) is 36.6 Å². The lowest BCUT2D eigenvalue weighted by molar-refractivity contribution is -0.122. The summed E-state index contributed by atoms with van der Waals surface area (Å²) in [5.41, 5.74) is 0.544. The summed E-state index contributed by atoms with van der Waals surface area (Å²) in [4.78, 5) is 13.6. The number of carbonyl (C=O) groups excluding carboxylic acids is 1. The lowest BCUT2D eigenvalue weighted by atomic mass is 9.93. The van der Waals surface area contributed by atoms with Crippen LogP contribution in [0.4, 0.5) is 5.69 Å². The van der Waals surface area contributed by atoms with Crippen LogP contribution in [0.1, 0.15) is 26.2 Å². The number of rotatable bonds is 4. The summed E-state index contributed by atoms with van der Waals surface area (Å²) in [6, 6.07) is 7.93. The fourth-order valence-electron chi connectivity index (χ4n) is 2.45. The molecule has 0 spiro atoms. The van der Waals surface area contributed by atoms with Crippen molar-refractivity contribution >= 4 is 23.4 Å². The standard InChI is InChI=1S/C14H20N2OS/c1-3-14(9-6-10-15-14)13(17)16-11-7-4-5-8-12(11)18-2/h4-5,7-8,15H,3,6,9-10H2,1-2H3,(H,16,17). The van der Waals surface area contributed by atoms with Crippen LogP contribution in [0.2, 0.25) is 0 Å². The van der Waals surface area contributed by atoms with Crippen molar-refractivity contribution in [3.8, 4) is 0 Å². The van der Waals surface area contributed by atoms with Gasteiger partial charge in [0, 0.05) is 4.90 Å². The number of thioether (sulfide) groups is 1. The molecule has 3 nitrogen and oxygen atoms in total. The monoisotopic (exact) mass is 264 g/mol. The second-order valence-electron chi connectivity index (χ2n) is 4.62. The molecule has 1 aromatic carbocycles. The third-order valence-electron chi connectivity index (χ3n) is 3.64. The van der Waals surface area contributed by atoms with E-state index in [-0.39, 0.29) is 11.4 Å². The number of nitrogens with one attached hydrogen (secondary N) is 2. The Morgan fingerprint density at radius 2 is 2.28 bits per heavy atom. The van der Waals surface area contributed by atoms with E-state index >= 15 is 0 Å². The van der Waals surface area contributed by atoms with Gasteiger partial charge in [0.2, 0.25) is 5.91 Å². The molecular weight excluding hydrogens is 244 g/mol. The molecule has 1 aliphatic rings. The minimum absolute atomic E-state index is 0.101. The zero-order valence-corrected chi connectivity index (χ0v) is 11.8. The van der Waals surface area contributed by atoms with E-state index in [0.717, 1.165) is 36.4 Å². The molecule has 0 radical (unpaired) electrons. The first-order valence-electron chi connectivity index (χ1n) is 6.41. The summed E-state index contributed by atoms with van der Waals surface area (Å²) in [5, 5.41) is 6.43. The fraction of sp³-hybridized carbons (Fsp3) is 0.500. The van der Waals surface area contributed by atoms with Gasteiger partial charge in [-0.1, -0.05) is 19.1 Å². The lowest BCUT2D eigenvalue weighted by Crippen LogP contribution is -2.50. The molecule has 98 valence electrons. The molecule has 2 N–H and O–H groups in total. The number of hydrogen-bond donors (Lipinski definition) is 2. The van der Waals surface area contributed by atoms with E-state index in [0.29, 0.717) is 0 Å². The molecule has 0 aliphatic carbocycles. The van der Waals surface area contributed by atoms with Crippen molar-refractivity contribution in [2.24, 2.45) is 0 Å². The van der Waals surface area contributed by atoms with Crippen LogP contribution in [0.25, 0.3) is 0 Å². The number of anilines is 1. The number of amides is 1. The van der Waals surface area contributed by atoms with Crippen molar-refractivity contribution in [3.05, 3.63) is 24.3 Å². The Hall–Kier alpha value is -1.00. The highest BCUT2D eigenvalue weighted by Crippen LogP contribution is 2.28. The van der Waals surface area contributed by atoms with Gasteiger partial charge in [-0.3, -0.25) is 4.79 Å². The second kappa shape index (κ2) is 5.76. The van der Waals surface area contributed by atoms with Crippen LogP contribution in [0.3, 0.4) is 0 Å². The molecule has 2 rings (SSSR count). The predicted molar refractivity (Wildman–Crippen MR) is 77.1 cm³/mol. The van der Waals surface area contributed by atoms with Gasteiger partial charge in [-0.2, -0.15) is 0 Å². The first-order chi connectivity index (χ1) is 8.72. The quantitative estimate of drug-likeness (QED) is 0.822. The average Bonchev–Trinajstić information content (AvgIpc) is 2.89. The van der Waals surface area contributed by atoms with E-state index in [1.807, 2.05) is 30.5 Å². The highest BCUT2D eigenvalue weighted by atomic mass is 32.2. The first-order valence-corrected chi connectivity index (χ1v) is 7.64. The number of hydrogen-bond acceptors (Lipinski definition) is 3. The smallest absolute Gasteiger partial charge is 0.244 e. The van der Waals surface area contributed by atoms with Crippen molar-refractivity contribution in [1.82, 2.24) is 5.32 Å². The highest BCUT2D eigenvalue weighted by Gasteiger charge is 2.39. The summed E-state index contributed by atoms with van der Waals surface area (Å²) >= 11 is 1.65. The van der Waals surface area contributed by atoms with Crippen molar-refractivity contribution in [1.29, 1.82) is 0 Å². The van der Waals surface area contributed by atoms with Gasteiger partial charge in [0.15, 0.2) is 0 Å². The van der Waals surface area contributed by atoms with Crippen molar-refractivity contribution < 1.29 is 4.79 Å². The number of carbonyl (C=O) groups is 1. The van der Waals surface area contributed by atoms with Gasteiger partial charge < -0.3 is 10.6 Å². The van der Waals surface area contributed by atoms with Crippen LogP contribution in [0.15, 0.2) is 29.2 Å². The number of para-hydroxylation sites is 1. The molecule has 1 aromatic rings. The minimum atomic E-state index is -0.370. The van der Waals surface area contributed by atoms with Crippen LogP contribution < -0.4 is 10.6 Å². The zero-order valence-electron chi connectivity index (χ0n) is 11.0. The molecule has 1 heterocycles. The maximum atomic E-state index is 12.5. The Balaban J connectivity index is 2.15. The largest absolute Gasteiger partial charge is 0.323 e. The third kappa shape index (κ3) is 2.54. The van der Waals surface area contributed by atoms with E-state index in [1.54, 1.807) is 11.8 Å². The highest BCUT2D eigenvalue weighted by molar-refractivity contribution is 7.98. The fourth-order valence-corrected chi connectivity index (χ4v) is 3.01. The molecule has 1 aliphatic heterocycles. The van der Waals surface area contributed by atoms with Crippen LogP contribution in [0, 0.1) is 0 Å². The van der Waals surface area contributed by atoms with Crippen LogP contribution in [0.5, 0.6) is 0 Å². The predicted octanol–water partition coefficient (Wildman–Crippen LogP) is 2.88. The minimum Gasteiger partial charge on any atom is -0.323 e. The van der Waals surface area contributed by atoms with Gasteiger partial charge in [0.1, 0.15) is 0 Å². The molecule has 1 saturated heterocycles. The van der Waals surface area contributed by atoms with E-state index < -0.39 is 0 Å². The Labute approximate surface area is 113 Å². The first kappa shape index (κ1) is 13.4. The summed E-state index contributed by atoms with van der Waals surface area (Å²) in [5.74, 6) is 0.101. The van der Waals surface area contributed by atoms with Gasteiger partial charge in [-0.05, 0) is 44.2 Å². The molecule has 18 heavy (non-hydrogen) atoms. The molecule has 1 amide bonds. The normalized spacial score (nSPS) is 23.0. The second-order valence-corrected chi connectivity index (χ2v) is 5.47. The Morgan fingerprint density at radius 3 is 2.89 bits per heavy atom. The van der Waals surface area contributed by atoms with E-state index in [2.05, 4.69) is 17.6 Å². The van der Waals surface area contributed by atoms with E-state index in [4.69, 9.17) is 0 Å². The topological polar surface area (TPSA) is 41.1 Å². The van der Waals surface area contributed by atoms with Gasteiger partial charge in [0.05, 0.1) is 11.2 Å². The molecule has 1 unspecified atom stereocenters. The molecule has 4 heteroatoms. The Kier molecular flexibility index (Phi) is 4.30. The molecule has 0 bridgehead atoms. The zero-order chi connectivity index (χ0) is 13.0. The average molecular weight is 264 g/mol. The SMILES string of the molecule is CCC1(C(=O)Nc2ccccc2SC)CCCN1. The van der Waals surface area contributed by atoms with Gasteiger partial charge in [-0.15, -0.1) is 11.8 Å². The summed E-state index contributed by atoms with van der Waals surface area (Å²) in [7, 11) is 0. The van der Waals surface area contributed by atoms with Crippen LogP contribution in [-0.2, 0) is 4.79 Å². The molecule has 0 aromatic heterocycles. The van der Waals surface area contributed by atoms with E-state index in [9.17, 15) is 4.79 Å². The van der Waals surface area contributed by atoms with Gasteiger partial charge >= 0.3 is 0 Å². The number of benzene rings is 1.